The van der Waals surface area contributed by atoms with Gasteiger partial charge in [-0.25, -0.2) is 4.68 Å². The number of aromatic amines is 1. The zero-order valence-electron chi connectivity index (χ0n) is 15.4. The number of H-pyrrole nitrogens is 1. The molecule has 0 unspecified atom stereocenters. The topological polar surface area (TPSA) is 84.0 Å². The third-order valence-electron chi connectivity index (χ3n) is 4.59. The van der Waals surface area contributed by atoms with E-state index in [0.29, 0.717) is 10.8 Å². The molecule has 3 rings (SSSR count). The van der Waals surface area contributed by atoms with Gasteiger partial charge >= 0.3 is 0 Å². The lowest BCUT2D eigenvalue weighted by atomic mass is 9.96. The van der Waals surface area contributed by atoms with Crippen LogP contribution in [0.25, 0.3) is 10.8 Å². The Morgan fingerprint density at radius 1 is 1.00 bits per heavy atom. The van der Waals surface area contributed by atoms with E-state index in [-0.39, 0.29) is 42.0 Å². The van der Waals surface area contributed by atoms with Crippen molar-refractivity contribution < 1.29 is 4.79 Å². The van der Waals surface area contributed by atoms with E-state index in [4.69, 9.17) is 0 Å². The molecule has 2 aromatic carbocycles. The number of aromatic nitrogens is 2. The van der Waals surface area contributed by atoms with Crippen molar-refractivity contribution in [3.05, 3.63) is 80.9 Å². The van der Waals surface area contributed by atoms with E-state index < -0.39 is 0 Å². The van der Waals surface area contributed by atoms with Crippen molar-refractivity contribution in [2.24, 2.45) is 5.92 Å². The molecule has 1 atom stereocenters. The summed E-state index contributed by atoms with van der Waals surface area (Å²) in [6.45, 7) is 4.21. The van der Waals surface area contributed by atoms with Gasteiger partial charge in [-0.05, 0) is 23.6 Å². The van der Waals surface area contributed by atoms with Crippen LogP contribution in [0, 0.1) is 5.92 Å². The molecule has 0 aliphatic carbocycles. The van der Waals surface area contributed by atoms with Crippen molar-refractivity contribution in [1.82, 2.24) is 15.1 Å². The first-order valence-corrected chi connectivity index (χ1v) is 9.03. The highest BCUT2D eigenvalue weighted by Gasteiger charge is 2.18. The van der Waals surface area contributed by atoms with Crippen LogP contribution >= 0.6 is 0 Å². The van der Waals surface area contributed by atoms with Gasteiger partial charge in [0.2, 0.25) is 5.91 Å². The Hall–Kier alpha value is -3.15. The SMILES string of the molecule is CC(C)[C@H](NC(=O)CCn1[nH]c(=O)c2ccccc2c1=O)c1ccccc1. The predicted octanol–water partition coefficient (Wildman–Crippen LogP) is 2.59. The van der Waals surface area contributed by atoms with E-state index in [1.165, 1.54) is 4.68 Å². The second-order valence-electron chi connectivity index (χ2n) is 6.89. The van der Waals surface area contributed by atoms with E-state index in [2.05, 4.69) is 10.4 Å². The fourth-order valence-electron chi connectivity index (χ4n) is 3.16. The molecule has 3 aromatic rings. The smallest absolute Gasteiger partial charge is 0.273 e. The first kappa shape index (κ1) is 18.6. The van der Waals surface area contributed by atoms with Crippen LogP contribution in [0.15, 0.2) is 64.2 Å². The Labute approximate surface area is 156 Å². The van der Waals surface area contributed by atoms with Crippen molar-refractivity contribution in [2.75, 3.05) is 0 Å². The van der Waals surface area contributed by atoms with Crippen LogP contribution in [0.5, 0.6) is 0 Å². The standard InChI is InChI=1S/C21H23N3O3/c1-14(2)19(15-8-4-3-5-9-15)22-18(25)12-13-24-21(27)17-11-7-6-10-16(17)20(26)23-24/h3-11,14,19H,12-13H2,1-2H3,(H,22,25)(H,23,26)/t19-/m0/s1. The first-order valence-electron chi connectivity index (χ1n) is 9.03. The molecule has 140 valence electrons. The van der Waals surface area contributed by atoms with Crippen molar-refractivity contribution in [2.45, 2.75) is 32.9 Å². The summed E-state index contributed by atoms with van der Waals surface area (Å²) >= 11 is 0. The molecule has 0 aliphatic rings. The number of nitrogens with zero attached hydrogens (tertiary/aromatic N) is 1. The minimum Gasteiger partial charge on any atom is -0.349 e. The maximum atomic E-state index is 12.5. The molecule has 0 saturated carbocycles. The molecule has 0 radical (unpaired) electrons. The van der Waals surface area contributed by atoms with Gasteiger partial charge in [-0.3, -0.25) is 19.5 Å². The highest BCUT2D eigenvalue weighted by atomic mass is 16.2. The van der Waals surface area contributed by atoms with Crippen molar-refractivity contribution in [3.8, 4) is 0 Å². The predicted molar refractivity (Wildman–Crippen MR) is 106 cm³/mol. The number of rotatable bonds is 6. The molecule has 0 fully saturated rings. The number of nitrogens with one attached hydrogen (secondary N) is 2. The van der Waals surface area contributed by atoms with Gasteiger partial charge in [-0.2, -0.15) is 0 Å². The fourth-order valence-corrected chi connectivity index (χ4v) is 3.16. The summed E-state index contributed by atoms with van der Waals surface area (Å²) in [4.78, 5) is 37.1. The van der Waals surface area contributed by atoms with Crippen LogP contribution in [-0.4, -0.2) is 15.7 Å². The van der Waals surface area contributed by atoms with Gasteiger partial charge < -0.3 is 5.32 Å². The summed E-state index contributed by atoms with van der Waals surface area (Å²) in [7, 11) is 0. The number of hydrogen-bond acceptors (Lipinski definition) is 3. The van der Waals surface area contributed by atoms with Gasteiger partial charge in [0.1, 0.15) is 0 Å². The first-order chi connectivity index (χ1) is 13.0. The van der Waals surface area contributed by atoms with Gasteiger partial charge in [-0.15, -0.1) is 0 Å². The van der Waals surface area contributed by atoms with Gasteiger partial charge in [0.25, 0.3) is 11.1 Å². The Balaban J connectivity index is 1.74. The van der Waals surface area contributed by atoms with Crippen molar-refractivity contribution in [1.29, 1.82) is 0 Å². The molecule has 6 nitrogen and oxygen atoms in total. The largest absolute Gasteiger partial charge is 0.349 e. The minimum atomic E-state index is -0.338. The van der Waals surface area contributed by atoms with Crippen molar-refractivity contribution >= 4 is 16.7 Å². The molecule has 1 amide bonds. The third kappa shape index (κ3) is 4.16. The van der Waals surface area contributed by atoms with E-state index in [0.717, 1.165) is 5.56 Å². The second kappa shape index (κ2) is 8.03. The lowest BCUT2D eigenvalue weighted by Crippen LogP contribution is -2.35. The Morgan fingerprint density at radius 3 is 2.30 bits per heavy atom. The highest BCUT2D eigenvalue weighted by molar-refractivity contribution is 5.80. The van der Waals surface area contributed by atoms with Crippen LogP contribution < -0.4 is 16.4 Å². The molecule has 0 saturated heterocycles. The lowest BCUT2D eigenvalue weighted by molar-refractivity contribution is -0.122. The van der Waals surface area contributed by atoms with Crippen LogP contribution in [-0.2, 0) is 11.3 Å². The fraction of sp³-hybridized carbons (Fsp3) is 0.286. The molecule has 27 heavy (non-hydrogen) atoms. The molecular weight excluding hydrogens is 342 g/mol. The summed E-state index contributed by atoms with van der Waals surface area (Å²) in [6.07, 6.45) is 0.101. The number of aryl methyl sites for hydroxylation is 1. The Bertz CT molecular complexity index is 1050. The number of benzene rings is 2. The molecule has 6 heteroatoms. The molecule has 0 aliphatic heterocycles. The molecule has 2 N–H and O–H groups in total. The summed E-state index contributed by atoms with van der Waals surface area (Å²) in [5.41, 5.74) is 0.397. The number of carbonyl (C=O) groups is 1. The van der Waals surface area contributed by atoms with Crippen LogP contribution in [0.1, 0.15) is 31.9 Å². The lowest BCUT2D eigenvalue weighted by Gasteiger charge is -2.23. The maximum absolute atomic E-state index is 12.5. The van der Waals surface area contributed by atoms with Crippen molar-refractivity contribution in [3.63, 3.8) is 0 Å². The van der Waals surface area contributed by atoms with E-state index in [1.807, 2.05) is 44.2 Å². The average molecular weight is 365 g/mol. The zero-order chi connectivity index (χ0) is 19.4. The monoisotopic (exact) mass is 365 g/mol. The van der Waals surface area contributed by atoms with Gasteiger partial charge in [0.15, 0.2) is 0 Å². The van der Waals surface area contributed by atoms with Crippen LogP contribution in [0.2, 0.25) is 0 Å². The second-order valence-corrected chi connectivity index (χ2v) is 6.89. The normalized spacial score (nSPS) is 12.3. The summed E-state index contributed by atoms with van der Waals surface area (Å²) < 4.78 is 1.21. The number of amides is 1. The highest BCUT2D eigenvalue weighted by Crippen LogP contribution is 2.21. The average Bonchev–Trinajstić information content (AvgIpc) is 2.68. The third-order valence-corrected chi connectivity index (χ3v) is 4.59. The van der Waals surface area contributed by atoms with E-state index >= 15 is 0 Å². The number of fused-ring (bicyclic) bond motifs is 1. The molecule has 1 heterocycles. The molecule has 0 spiro atoms. The van der Waals surface area contributed by atoms with E-state index in [1.54, 1.807) is 24.3 Å². The van der Waals surface area contributed by atoms with Gasteiger partial charge in [0.05, 0.1) is 23.4 Å². The van der Waals surface area contributed by atoms with Crippen LogP contribution in [0.4, 0.5) is 0 Å². The van der Waals surface area contributed by atoms with Gasteiger partial charge in [0, 0.05) is 6.42 Å². The minimum absolute atomic E-state index is 0.101. The Morgan fingerprint density at radius 2 is 1.63 bits per heavy atom. The van der Waals surface area contributed by atoms with E-state index in [9.17, 15) is 14.4 Å². The number of hydrogen-bond donors (Lipinski definition) is 2. The molecule has 1 aromatic heterocycles. The summed E-state index contributed by atoms with van der Waals surface area (Å²) in [5, 5.41) is 6.28. The molecular formula is C21H23N3O3. The summed E-state index contributed by atoms with van der Waals surface area (Å²) in [6, 6.07) is 16.3. The zero-order valence-corrected chi connectivity index (χ0v) is 15.4. The quantitative estimate of drug-likeness (QED) is 0.704. The molecule has 0 bridgehead atoms. The summed E-state index contributed by atoms with van der Waals surface area (Å²) in [5.74, 6) is 0.0537. The van der Waals surface area contributed by atoms with Gasteiger partial charge in [-0.1, -0.05) is 56.3 Å². The number of carbonyl (C=O) groups excluding carboxylic acids is 1. The van der Waals surface area contributed by atoms with Crippen LogP contribution in [0.3, 0.4) is 0 Å². The Kier molecular flexibility index (Phi) is 5.54. The maximum Gasteiger partial charge on any atom is 0.273 e.